The van der Waals surface area contributed by atoms with Gasteiger partial charge in [0.15, 0.2) is 0 Å². The van der Waals surface area contributed by atoms with Crippen LogP contribution in [0, 0.1) is 0 Å². The van der Waals surface area contributed by atoms with Crippen molar-refractivity contribution in [3.05, 3.63) is 65.4 Å². The van der Waals surface area contributed by atoms with Gasteiger partial charge in [-0.3, -0.25) is 0 Å². The zero-order valence-electron chi connectivity index (χ0n) is 16.3. The number of carboxylic acids is 1. The van der Waals surface area contributed by atoms with Crippen molar-refractivity contribution in [3.8, 4) is 5.75 Å². The lowest BCUT2D eigenvalue weighted by Gasteiger charge is -2.32. The van der Waals surface area contributed by atoms with E-state index >= 15 is 0 Å². The van der Waals surface area contributed by atoms with Crippen LogP contribution in [0.2, 0.25) is 0 Å². The number of hydrogen-bond acceptors (Lipinski definition) is 4. The zero-order valence-corrected chi connectivity index (χ0v) is 17.1. The van der Waals surface area contributed by atoms with Crippen molar-refractivity contribution >= 4 is 28.6 Å². The Hall–Kier alpha value is -2.44. The SMILES string of the molecule is O=C(O)c1ccc2c(CSCCN3CCC(c4cccc(O)c4)CC3)c[nH]c2c1. The minimum atomic E-state index is -0.898. The predicted molar refractivity (Wildman–Crippen MR) is 118 cm³/mol. The van der Waals surface area contributed by atoms with Gasteiger partial charge in [-0.25, -0.2) is 4.79 Å². The highest BCUT2D eigenvalue weighted by Gasteiger charge is 2.20. The summed E-state index contributed by atoms with van der Waals surface area (Å²) < 4.78 is 0. The van der Waals surface area contributed by atoms with E-state index in [1.165, 1.54) is 11.1 Å². The number of fused-ring (bicyclic) bond motifs is 1. The number of thioether (sulfide) groups is 1. The number of phenolic OH excluding ortho intramolecular Hbond substituents is 1. The highest BCUT2D eigenvalue weighted by atomic mass is 32.2. The number of carboxylic acid groups (broad SMARTS) is 1. The van der Waals surface area contributed by atoms with E-state index in [9.17, 15) is 9.90 Å². The third-order valence-electron chi connectivity index (χ3n) is 5.75. The Balaban J connectivity index is 1.22. The molecule has 0 aliphatic carbocycles. The lowest BCUT2D eigenvalue weighted by atomic mass is 9.89. The summed E-state index contributed by atoms with van der Waals surface area (Å²) in [5.74, 6) is 2.01. The first-order valence-electron chi connectivity index (χ1n) is 10.0. The number of benzene rings is 2. The number of aromatic nitrogens is 1. The predicted octanol–water partition coefficient (Wildman–Crippen LogP) is 4.68. The van der Waals surface area contributed by atoms with Crippen LogP contribution in [0.4, 0.5) is 0 Å². The monoisotopic (exact) mass is 410 g/mol. The molecule has 0 saturated carbocycles. The largest absolute Gasteiger partial charge is 0.508 e. The average molecular weight is 411 g/mol. The molecule has 1 fully saturated rings. The van der Waals surface area contributed by atoms with Gasteiger partial charge in [0, 0.05) is 35.2 Å². The van der Waals surface area contributed by atoms with Gasteiger partial charge in [-0.1, -0.05) is 18.2 Å². The van der Waals surface area contributed by atoms with Gasteiger partial charge in [0.2, 0.25) is 0 Å². The fraction of sp³-hybridized carbons (Fsp3) is 0.348. The fourth-order valence-electron chi connectivity index (χ4n) is 4.08. The second-order valence-electron chi connectivity index (χ2n) is 7.64. The maximum absolute atomic E-state index is 11.1. The van der Waals surface area contributed by atoms with E-state index in [2.05, 4.69) is 16.0 Å². The van der Waals surface area contributed by atoms with E-state index in [0.29, 0.717) is 17.2 Å². The van der Waals surface area contributed by atoms with Crippen LogP contribution in [0.25, 0.3) is 10.9 Å². The van der Waals surface area contributed by atoms with Gasteiger partial charge in [-0.2, -0.15) is 11.8 Å². The molecule has 0 bridgehead atoms. The summed E-state index contributed by atoms with van der Waals surface area (Å²) in [6, 6.07) is 13.0. The molecule has 0 unspecified atom stereocenters. The van der Waals surface area contributed by atoms with Crippen LogP contribution in [-0.2, 0) is 5.75 Å². The first-order chi connectivity index (χ1) is 14.1. The smallest absolute Gasteiger partial charge is 0.335 e. The number of rotatable bonds is 7. The van der Waals surface area contributed by atoms with Gasteiger partial charge in [-0.15, -0.1) is 0 Å². The molecule has 4 rings (SSSR count). The molecular formula is C23H26N2O3S. The van der Waals surface area contributed by atoms with Crippen molar-refractivity contribution in [2.24, 2.45) is 0 Å². The highest BCUT2D eigenvalue weighted by Crippen LogP contribution is 2.30. The van der Waals surface area contributed by atoms with Crippen molar-refractivity contribution in [2.75, 3.05) is 25.4 Å². The third-order valence-corrected chi connectivity index (χ3v) is 6.74. The average Bonchev–Trinajstić information content (AvgIpc) is 3.14. The summed E-state index contributed by atoms with van der Waals surface area (Å²) in [5, 5.41) is 19.9. The van der Waals surface area contributed by atoms with Gasteiger partial charge >= 0.3 is 5.97 Å². The van der Waals surface area contributed by atoms with Crippen molar-refractivity contribution in [3.63, 3.8) is 0 Å². The van der Waals surface area contributed by atoms with Gasteiger partial charge in [0.1, 0.15) is 5.75 Å². The number of carbonyl (C=O) groups is 1. The minimum Gasteiger partial charge on any atom is -0.508 e. The summed E-state index contributed by atoms with van der Waals surface area (Å²) in [4.78, 5) is 16.8. The number of aromatic amines is 1. The van der Waals surface area contributed by atoms with Gasteiger partial charge in [-0.05, 0) is 67.2 Å². The number of likely N-dealkylation sites (tertiary alicyclic amines) is 1. The summed E-state index contributed by atoms with van der Waals surface area (Å²) in [6.07, 6.45) is 4.27. The molecule has 5 nitrogen and oxygen atoms in total. The Morgan fingerprint density at radius 1 is 1.17 bits per heavy atom. The first-order valence-corrected chi connectivity index (χ1v) is 11.2. The van der Waals surface area contributed by atoms with Crippen LogP contribution in [-0.4, -0.2) is 51.5 Å². The minimum absolute atomic E-state index is 0.313. The molecule has 2 aromatic carbocycles. The van der Waals surface area contributed by atoms with E-state index in [4.69, 9.17) is 5.11 Å². The maximum Gasteiger partial charge on any atom is 0.335 e. The van der Waals surface area contributed by atoms with Crippen LogP contribution < -0.4 is 0 Å². The molecule has 1 aliphatic heterocycles. The second kappa shape index (κ2) is 8.93. The Bertz CT molecular complexity index is 993. The van der Waals surface area contributed by atoms with E-state index in [-0.39, 0.29) is 0 Å². The molecule has 0 atom stereocenters. The number of aromatic hydroxyl groups is 1. The normalized spacial score (nSPS) is 15.7. The Morgan fingerprint density at radius 3 is 2.76 bits per heavy atom. The lowest BCUT2D eigenvalue weighted by molar-refractivity contribution is 0.0697. The van der Waals surface area contributed by atoms with Crippen molar-refractivity contribution < 1.29 is 15.0 Å². The summed E-state index contributed by atoms with van der Waals surface area (Å²) in [5.41, 5.74) is 3.68. The van der Waals surface area contributed by atoms with Gasteiger partial charge in [0.25, 0.3) is 0 Å². The van der Waals surface area contributed by atoms with Crippen LogP contribution >= 0.6 is 11.8 Å². The van der Waals surface area contributed by atoms with E-state index in [0.717, 1.165) is 54.9 Å². The molecule has 3 aromatic rings. The Labute approximate surface area is 174 Å². The highest BCUT2D eigenvalue weighted by molar-refractivity contribution is 7.98. The number of phenols is 1. The van der Waals surface area contributed by atoms with E-state index in [1.54, 1.807) is 18.2 Å². The quantitative estimate of drug-likeness (QED) is 0.493. The number of nitrogens with zero attached hydrogens (tertiary/aromatic N) is 1. The molecule has 1 saturated heterocycles. The van der Waals surface area contributed by atoms with E-state index < -0.39 is 5.97 Å². The molecule has 3 N–H and O–H groups in total. The molecule has 29 heavy (non-hydrogen) atoms. The topological polar surface area (TPSA) is 76.6 Å². The number of H-pyrrole nitrogens is 1. The molecule has 0 radical (unpaired) electrons. The number of piperidine rings is 1. The van der Waals surface area contributed by atoms with Crippen LogP contribution in [0.15, 0.2) is 48.7 Å². The van der Waals surface area contributed by atoms with Gasteiger partial charge in [0.05, 0.1) is 5.56 Å². The molecule has 6 heteroatoms. The molecule has 0 amide bonds. The Kier molecular flexibility index (Phi) is 6.11. The van der Waals surface area contributed by atoms with Crippen LogP contribution in [0.5, 0.6) is 5.75 Å². The second-order valence-corrected chi connectivity index (χ2v) is 8.75. The molecule has 2 heterocycles. The number of nitrogens with one attached hydrogen (secondary N) is 1. The van der Waals surface area contributed by atoms with Gasteiger partial charge < -0.3 is 20.1 Å². The number of aromatic carboxylic acids is 1. The standard InChI is InChI=1S/C23H26N2O3S/c26-20-3-1-2-17(12-20)16-6-8-25(9-7-16)10-11-29-15-19-14-24-22-13-18(23(27)28)4-5-21(19)22/h1-5,12-14,16,24,26H,6-11,15H2,(H,27,28). The molecule has 0 spiro atoms. The molecule has 1 aromatic heterocycles. The van der Waals surface area contributed by atoms with Crippen molar-refractivity contribution in [1.29, 1.82) is 0 Å². The molecule has 152 valence electrons. The maximum atomic E-state index is 11.1. The molecular weight excluding hydrogens is 384 g/mol. The summed E-state index contributed by atoms with van der Waals surface area (Å²) in [6.45, 7) is 3.29. The summed E-state index contributed by atoms with van der Waals surface area (Å²) in [7, 11) is 0. The van der Waals surface area contributed by atoms with Crippen molar-refractivity contribution in [1.82, 2.24) is 9.88 Å². The van der Waals surface area contributed by atoms with E-state index in [1.807, 2.05) is 36.2 Å². The lowest BCUT2D eigenvalue weighted by Crippen LogP contribution is -2.34. The number of hydrogen-bond donors (Lipinski definition) is 3. The van der Waals surface area contributed by atoms with Crippen LogP contribution in [0.1, 0.15) is 40.2 Å². The Morgan fingerprint density at radius 2 is 2.00 bits per heavy atom. The third kappa shape index (κ3) is 4.77. The first kappa shape index (κ1) is 19.9. The fourth-order valence-corrected chi connectivity index (χ4v) is 5.07. The zero-order chi connectivity index (χ0) is 20.2. The van der Waals surface area contributed by atoms with Crippen molar-refractivity contribution in [2.45, 2.75) is 24.5 Å². The molecule has 1 aliphatic rings. The van der Waals surface area contributed by atoms with Crippen LogP contribution in [0.3, 0.4) is 0 Å². The summed E-state index contributed by atoms with van der Waals surface area (Å²) >= 11 is 1.92.